The maximum Gasteiger partial charge on any atom is 0.265 e. The van der Waals surface area contributed by atoms with Crippen LogP contribution in [-0.2, 0) is 0 Å². The maximum atomic E-state index is 13.1. The first-order valence-corrected chi connectivity index (χ1v) is 10.2. The van der Waals surface area contributed by atoms with E-state index in [2.05, 4.69) is 10.3 Å². The van der Waals surface area contributed by atoms with E-state index in [4.69, 9.17) is 9.47 Å². The molecule has 3 aromatic carbocycles. The average Bonchev–Trinajstić information content (AvgIpc) is 2.80. The van der Waals surface area contributed by atoms with Gasteiger partial charge in [-0.15, -0.1) is 0 Å². The van der Waals surface area contributed by atoms with E-state index in [-0.39, 0.29) is 11.5 Å². The number of para-hydroxylation sites is 1. The average molecular weight is 429 g/mol. The van der Waals surface area contributed by atoms with Gasteiger partial charge in [0, 0.05) is 11.6 Å². The molecule has 0 saturated heterocycles. The molecule has 4 aromatic rings. The Kier molecular flexibility index (Phi) is 5.89. The summed E-state index contributed by atoms with van der Waals surface area (Å²) in [6, 6.07) is 19.3. The van der Waals surface area contributed by atoms with Gasteiger partial charge in [-0.05, 0) is 62.4 Å². The van der Waals surface area contributed by atoms with Gasteiger partial charge in [-0.25, -0.2) is 4.98 Å². The van der Waals surface area contributed by atoms with Crippen LogP contribution in [0.3, 0.4) is 0 Å². The number of ether oxygens (including phenoxy) is 2. The van der Waals surface area contributed by atoms with Crippen molar-refractivity contribution in [2.45, 2.75) is 13.8 Å². The summed E-state index contributed by atoms with van der Waals surface area (Å²) in [5.74, 6) is 1.42. The number of methoxy groups -OCH3 is 1. The minimum absolute atomic E-state index is 0.165. The quantitative estimate of drug-likeness (QED) is 0.493. The molecule has 1 amide bonds. The molecule has 0 unspecified atom stereocenters. The van der Waals surface area contributed by atoms with Gasteiger partial charge < -0.3 is 14.8 Å². The molecule has 4 rings (SSSR count). The van der Waals surface area contributed by atoms with Crippen LogP contribution in [0.5, 0.6) is 11.5 Å². The first-order chi connectivity index (χ1) is 15.5. The Bertz CT molecular complexity index is 1340. The molecule has 0 atom stereocenters. The van der Waals surface area contributed by atoms with Crippen molar-refractivity contribution in [1.82, 2.24) is 9.55 Å². The number of hydrogen-bond acceptors (Lipinski definition) is 5. The topological polar surface area (TPSA) is 82.5 Å². The van der Waals surface area contributed by atoms with E-state index < -0.39 is 0 Å². The fraction of sp³-hybridized carbons (Fsp3) is 0.160. The Balaban J connectivity index is 1.66. The van der Waals surface area contributed by atoms with E-state index in [1.54, 1.807) is 55.5 Å². The number of rotatable bonds is 6. The molecular weight excluding hydrogens is 406 g/mol. The van der Waals surface area contributed by atoms with Crippen molar-refractivity contribution in [1.29, 1.82) is 0 Å². The molecular formula is C25H23N3O4. The number of nitrogens with one attached hydrogen (secondary N) is 1. The van der Waals surface area contributed by atoms with Crippen LogP contribution in [0.25, 0.3) is 16.6 Å². The van der Waals surface area contributed by atoms with Gasteiger partial charge in [0.05, 0.1) is 36.0 Å². The van der Waals surface area contributed by atoms with Gasteiger partial charge in [-0.3, -0.25) is 14.2 Å². The minimum Gasteiger partial charge on any atom is -0.494 e. The number of hydrogen-bond donors (Lipinski definition) is 1. The highest BCUT2D eigenvalue weighted by Gasteiger charge is 2.14. The number of fused-ring (bicyclic) bond motifs is 1. The summed E-state index contributed by atoms with van der Waals surface area (Å²) in [5.41, 5.74) is 2.07. The number of aryl methyl sites for hydroxylation is 1. The van der Waals surface area contributed by atoms with E-state index in [1.807, 2.05) is 25.1 Å². The smallest absolute Gasteiger partial charge is 0.265 e. The molecule has 162 valence electrons. The summed E-state index contributed by atoms with van der Waals surface area (Å²) in [6.07, 6.45) is 0. The second-order valence-electron chi connectivity index (χ2n) is 7.11. The third-order valence-corrected chi connectivity index (χ3v) is 5.06. The molecule has 1 N–H and O–H groups in total. The van der Waals surface area contributed by atoms with Crippen molar-refractivity contribution in [2.75, 3.05) is 19.0 Å². The van der Waals surface area contributed by atoms with Gasteiger partial charge in [-0.1, -0.05) is 12.1 Å². The molecule has 0 spiro atoms. The first kappa shape index (κ1) is 21.1. The van der Waals surface area contributed by atoms with E-state index in [0.29, 0.717) is 51.8 Å². The summed E-state index contributed by atoms with van der Waals surface area (Å²) >= 11 is 0. The van der Waals surface area contributed by atoms with Gasteiger partial charge in [0.1, 0.15) is 17.3 Å². The number of nitrogens with zero attached hydrogens (tertiary/aromatic N) is 2. The molecule has 0 aliphatic heterocycles. The fourth-order valence-electron chi connectivity index (χ4n) is 3.53. The van der Waals surface area contributed by atoms with Crippen molar-refractivity contribution in [2.24, 2.45) is 0 Å². The summed E-state index contributed by atoms with van der Waals surface area (Å²) in [6.45, 7) is 4.24. The molecule has 0 radical (unpaired) electrons. The third-order valence-electron chi connectivity index (χ3n) is 5.06. The standard InChI is InChI=1S/C25H23N3O4/c1-4-32-19-12-9-17(10-13-19)24(29)27-22-14-11-18(15-23(22)31-3)28-16(2)26-21-8-6-5-7-20(21)25(28)30/h5-15H,4H2,1-3H3,(H,27,29). The van der Waals surface area contributed by atoms with E-state index in [0.717, 1.165) is 0 Å². The number of aromatic nitrogens is 2. The summed E-state index contributed by atoms with van der Waals surface area (Å²) < 4.78 is 12.4. The van der Waals surface area contributed by atoms with Gasteiger partial charge in [0.25, 0.3) is 11.5 Å². The minimum atomic E-state index is -0.278. The van der Waals surface area contributed by atoms with E-state index >= 15 is 0 Å². The van der Waals surface area contributed by atoms with Crippen LogP contribution in [0.1, 0.15) is 23.1 Å². The second kappa shape index (κ2) is 8.93. The van der Waals surface area contributed by atoms with Crippen LogP contribution >= 0.6 is 0 Å². The number of carbonyl (C=O) groups excluding carboxylic acids is 1. The Morgan fingerprint density at radius 1 is 1.06 bits per heavy atom. The zero-order chi connectivity index (χ0) is 22.7. The van der Waals surface area contributed by atoms with Crippen molar-refractivity contribution in [3.63, 3.8) is 0 Å². The Hall–Kier alpha value is -4.13. The van der Waals surface area contributed by atoms with E-state index in [9.17, 15) is 9.59 Å². The van der Waals surface area contributed by atoms with Crippen molar-refractivity contribution >= 4 is 22.5 Å². The first-order valence-electron chi connectivity index (χ1n) is 10.2. The number of amides is 1. The van der Waals surface area contributed by atoms with E-state index in [1.165, 1.54) is 11.7 Å². The predicted molar refractivity (Wildman–Crippen MR) is 124 cm³/mol. The number of benzene rings is 3. The third kappa shape index (κ3) is 4.05. The lowest BCUT2D eigenvalue weighted by molar-refractivity contribution is 0.102. The SMILES string of the molecule is CCOc1ccc(C(=O)Nc2ccc(-n3c(C)nc4ccccc4c3=O)cc2OC)cc1. The maximum absolute atomic E-state index is 13.1. The zero-order valence-electron chi connectivity index (χ0n) is 18.1. The van der Waals surface area contributed by atoms with Crippen LogP contribution in [0, 0.1) is 6.92 Å². The van der Waals surface area contributed by atoms with Crippen LogP contribution in [0.4, 0.5) is 5.69 Å². The Labute approximate surface area is 185 Å². The molecule has 0 aliphatic rings. The molecule has 0 aliphatic carbocycles. The van der Waals surface area contributed by atoms with Crippen LogP contribution in [0.2, 0.25) is 0 Å². The summed E-state index contributed by atoms with van der Waals surface area (Å²) in [5, 5.41) is 3.39. The van der Waals surface area contributed by atoms with Crippen molar-refractivity contribution in [3.05, 3.63) is 88.5 Å². The highest BCUT2D eigenvalue weighted by molar-refractivity contribution is 6.05. The largest absolute Gasteiger partial charge is 0.494 e. The number of carbonyl (C=O) groups is 1. The van der Waals surface area contributed by atoms with Crippen molar-refractivity contribution in [3.8, 4) is 17.2 Å². The lowest BCUT2D eigenvalue weighted by Crippen LogP contribution is -2.22. The van der Waals surface area contributed by atoms with Crippen LogP contribution < -0.4 is 20.3 Å². The second-order valence-corrected chi connectivity index (χ2v) is 7.11. The molecule has 1 heterocycles. The highest BCUT2D eigenvalue weighted by Crippen LogP contribution is 2.28. The van der Waals surface area contributed by atoms with Crippen LogP contribution in [-0.4, -0.2) is 29.2 Å². The van der Waals surface area contributed by atoms with Gasteiger partial charge >= 0.3 is 0 Å². The predicted octanol–water partition coefficient (Wildman–Crippen LogP) is 4.35. The zero-order valence-corrected chi connectivity index (χ0v) is 18.1. The van der Waals surface area contributed by atoms with Gasteiger partial charge in [0.15, 0.2) is 0 Å². The van der Waals surface area contributed by atoms with Crippen molar-refractivity contribution < 1.29 is 14.3 Å². The molecule has 32 heavy (non-hydrogen) atoms. The van der Waals surface area contributed by atoms with Gasteiger partial charge in [-0.2, -0.15) is 0 Å². The molecule has 0 bridgehead atoms. The molecule has 7 heteroatoms. The summed E-state index contributed by atoms with van der Waals surface area (Å²) in [7, 11) is 1.51. The Morgan fingerprint density at radius 2 is 1.81 bits per heavy atom. The highest BCUT2D eigenvalue weighted by atomic mass is 16.5. The normalized spacial score (nSPS) is 10.7. The number of anilines is 1. The molecule has 0 fully saturated rings. The fourth-order valence-corrected chi connectivity index (χ4v) is 3.53. The molecule has 0 saturated carbocycles. The lowest BCUT2D eigenvalue weighted by atomic mass is 10.2. The lowest BCUT2D eigenvalue weighted by Gasteiger charge is -2.15. The Morgan fingerprint density at radius 3 is 2.53 bits per heavy atom. The van der Waals surface area contributed by atoms with Crippen LogP contribution in [0.15, 0.2) is 71.5 Å². The summed E-state index contributed by atoms with van der Waals surface area (Å²) in [4.78, 5) is 30.3. The monoisotopic (exact) mass is 429 g/mol. The molecule has 7 nitrogen and oxygen atoms in total. The van der Waals surface area contributed by atoms with Gasteiger partial charge in [0.2, 0.25) is 0 Å². The molecule has 1 aromatic heterocycles.